The van der Waals surface area contributed by atoms with Crippen molar-refractivity contribution in [1.29, 1.82) is 0 Å². The number of nitrogens with one attached hydrogen (secondary N) is 2. The minimum Gasteiger partial charge on any atom is -0.357 e. The lowest BCUT2D eigenvalue weighted by atomic mass is 10.3. The van der Waals surface area contributed by atoms with Crippen LogP contribution in [0.1, 0.15) is 25.1 Å². The topological polar surface area (TPSA) is 73.8 Å². The van der Waals surface area contributed by atoms with Crippen LogP contribution in [0.5, 0.6) is 0 Å². The van der Waals surface area contributed by atoms with Crippen LogP contribution >= 0.6 is 35.3 Å². The van der Waals surface area contributed by atoms with Crippen LogP contribution in [0, 0.1) is 0 Å². The van der Waals surface area contributed by atoms with Crippen molar-refractivity contribution in [3.05, 3.63) is 22.4 Å². The van der Waals surface area contributed by atoms with Crippen LogP contribution in [0.15, 0.2) is 22.5 Å². The van der Waals surface area contributed by atoms with Gasteiger partial charge >= 0.3 is 0 Å². The van der Waals surface area contributed by atoms with E-state index < -0.39 is 10.0 Å². The van der Waals surface area contributed by atoms with E-state index >= 15 is 0 Å². The molecule has 24 heavy (non-hydrogen) atoms. The van der Waals surface area contributed by atoms with Gasteiger partial charge in [0.1, 0.15) is 0 Å². The van der Waals surface area contributed by atoms with Gasteiger partial charge in [0.25, 0.3) is 0 Å². The largest absolute Gasteiger partial charge is 0.357 e. The molecule has 9 heteroatoms. The van der Waals surface area contributed by atoms with Gasteiger partial charge in [0, 0.05) is 37.6 Å². The number of sulfonamides is 1. The minimum atomic E-state index is -3.11. The first kappa shape index (κ1) is 23.6. The zero-order chi connectivity index (χ0) is 17.1. The molecule has 0 spiro atoms. The third kappa shape index (κ3) is 9.80. The van der Waals surface area contributed by atoms with Gasteiger partial charge in [-0.3, -0.25) is 4.99 Å². The molecule has 0 aliphatic rings. The Kier molecular flexibility index (Phi) is 12.7. The smallest absolute Gasteiger partial charge is 0.211 e. The number of halogens is 1. The highest BCUT2D eigenvalue weighted by atomic mass is 127. The summed E-state index contributed by atoms with van der Waals surface area (Å²) in [6.07, 6.45) is 2.93. The zero-order valence-corrected chi connectivity index (χ0v) is 18.6. The first-order valence-corrected chi connectivity index (χ1v) is 10.7. The summed E-state index contributed by atoms with van der Waals surface area (Å²) in [6, 6.07) is 4.18. The molecule has 0 aromatic carbocycles. The highest BCUT2D eigenvalue weighted by Crippen LogP contribution is 2.08. The van der Waals surface area contributed by atoms with Crippen LogP contribution in [-0.2, 0) is 16.4 Å². The van der Waals surface area contributed by atoms with Gasteiger partial charge < -0.3 is 10.6 Å². The van der Waals surface area contributed by atoms with Gasteiger partial charge in [0.2, 0.25) is 10.0 Å². The summed E-state index contributed by atoms with van der Waals surface area (Å²) in [6.45, 7) is 7.11. The summed E-state index contributed by atoms with van der Waals surface area (Å²) in [5.74, 6) is 0.784. The lowest BCUT2D eigenvalue weighted by Crippen LogP contribution is -2.38. The van der Waals surface area contributed by atoms with Crippen LogP contribution in [0.3, 0.4) is 0 Å². The number of thiophene rings is 1. The third-order valence-corrected chi connectivity index (χ3v) is 5.56. The third-order valence-electron chi connectivity index (χ3n) is 3.25. The Hall–Kier alpha value is -0.390. The molecule has 0 amide bonds. The quantitative estimate of drug-likeness (QED) is 0.229. The standard InChI is InChI=1S/C15H28N4O2S2.HI/c1-4-16-15(18-11-9-14-8-6-13-22-14)17-10-7-12-19(5-2)23(3,20)21;/h6,8,13H,4-5,7,9-12H2,1-3H3,(H2,16,17,18);1H. The van der Waals surface area contributed by atoms with E-state index in [0.717, 1.165) is 25.5 Å². The second-order valence-corrected chi connectivity index (χ2v) is 8.14. The second-order valence-electron chi connectivity index (χ2n) is 5.13. The molecule has 0 fully saturated rings. The van der Waals surface area contributed by atoms with Gasteiger partial charge in [-0.2, -0.15) is 0 Å². The number of aliphatic imine (C=N–C) groups is 1. The van der Waals surface area contributed by atoms with Crippen molar-refractivity contribution in [1.82, 2.24) is 14.9 Å². The molecule has 6 nitrogen and oxygen atoms in total. The van der Waals surface area contributed by atoms with Crippen LogP contribution in [0.2, 0.25) is 0 Å². The highest BCUT2D eigenvalue weighted by Gasteiger charge is 2.12. The monoisotopic (exact) mass is 488 g/mol. The van der Waals surface area contributed by atoms with Crippen molar-refractivity contribution in [2.75, 3.05) is 39.0 Å². The first-order valence-electron chi connectivity index (χ1n) is 7.97. The molecule has 1 aromatic rings. The maximum absolute atomic E-state index is 11.5. The second kappa shape index (κ2) is 12.9. The van der Waals surface area contributed by atoms with Crippen molar-refractivity contribution in [3.63, 3.8) is 0 Å². The van der Waals surface area contributed by atoms with Crippen molar-refractivity contribution < 1.29 is 8.42 Å². The molecule has 0 aliphatic heterocycles. The van der Waals surface area contributed by atoms with Gasteiger partial charge in [-0.05, 0) is 31.2 Å². The number of hydrogen-bond acceptors (Lipinski definition) is 4. The number of hydrogen-bond donors (Lipinski definition) is 2. The Balaban J connectivity index is 0.00000529. The van der Waals surface area contributed by atoms with Gasteiger partial charge in [-0.15, -0.1) is 35.3 Å². The van der Waals surface area contributed by atoms with Crippen LogP contribution < -0.4 is 10.6 Å². The van der Waals surface area contributed by atoms with E-state index in [9.17, 15) is 8.42 Å². The number of guanidine groups is 1. The molecule has 0 atom stereocenters. The van der Waals surface area contributed by atoms with Crippen molar-refractivity contribution in [2.45, 2.75) is 26.7 Å². The van der Waals surface area contributed by atoms with Crippen molar-refractivity contribution in [2.24, 2.45) is 4.99 Å². The Morgan fingerprint density at radius 2 is 2.08 bits per heavy atom. The fourth-order valence-corrected chi connectivity index (χ4v) is 3.74. The van der Waals surface area contributed by atoms with Crippen molar-refractivity contribution >= 4 is 51.3 Å². The molecule has 0 saturated carbocycles. The van der Waals surface area contributed by atoms with E-state index in [1.165, 1.54) is 15.4 Å². The molecule has 0 radical (unpaired) electrons. The lowest BCUT2D eigenvalue weighted by Gasteiger charge is -2.17. The summed E-state index contributed by atoms with van der Waals surface area (Å²) in [7, 11) is -3.11. The summed E-state index contributed by atoms with van der Waals surface area (Å²) in [4.78, 5) is 5.84. The molecular formula is C15H29IN4O2S2. The molecule has 140 valence electrons. The maximum atomic E-state index is 11.5. The van der Waals surface area contributed by atoms with E-state index in [1.54, 1.807) is 11.3 Å². The van der Waals surface area contributed by atoms with Crippen LogP contribution in [0.25, 0.3) is 0 Å². The molecule has 0 aliphatic carbocycles. The SMILES string of the molecule is CCNC(=NCCCN(CC)S(C)(=O)=O)NCCc1cccs1.I. The Morgan fingerprint density at radius 1 is 1.33 bits per heavy atom. The van der Waals surface area contributed by atoms with Crippen LogP contribution in [0.4, 0.5) is 0 Å². The van der Waals surface area contributed by atoms with Gasteiger partial charge in [-0.1, -0.05) is 13.0 Å². The lowest BCUT2D eigenvalue weighted by molar-refractivity contribution is 0.427. The summed E-state index contributed by atoms with van der Waals surface area (Å²) < 4.78 is 24.5. The Bertz CT molecular complexity index is 562. The average molecular weight is 488 g/mol. The fourth-order valence-electron chi connectivity index (χ4n) is 2.10. The molecule has 0 bridgehead atoms. The molecule has 2 N–H and O–H groups in total. The van der Waals surface area contributed by atoms with E-state index in [0.29, 0.717) is 26.1 Å². The van der Waals surface area contributed by atoms with E-state index in [2.05, 4.69) is 33.1 Å². The molecule has 1 heterocycles. The summed E-state index contributed by atoms with van der Waals surface area (Å²) >= 11 is 1.75. The Labute approximate surface area is 167 Å². The van der Waals surface area contributed by atoms with E-state index in [1.807, 2.05) is 13.8 Å². The van der Waals surface area contributed by atoms with Gasteiger partial charge in [0.15, 0.2) is 5.96 Å². The first-order chi connectivity index (χ1) is 11.0. The van der Waals surface area contributed by atoms with Crippen molar-refractivity contribution in [3.8, 4) is 0 Å². The minimum absolute atomic E-state index is 0. The summed E-state index contributed by atoms with van der Waals surface area (Å²) in [5.41, 5.74) is 0. The van der Waals surface area contributed by atoms with Crippen LogP contribution in [-0.4, -0.2) is 57.7 Å². The zero-order valence-electron chi connectivity index (χ0n) is 14.6. The predicted molar refractivity (Wildman–Crippen MR) is 114 cm³/mol. The van der Waals surface area contributed by atoms with E-state index in [4.69, 9.17) is 0 Å². The number of nitrogens with zero attached hydrogens (tertiary/aromatic N) is 2. The molecular weight excluding hydrogens is 459 g/mol. The van der Waals surface area contributed by atoms with Gasteiger partial charge in [-0.25, -0.2) is 12.7 Å². The fraction of sp³-hybridized carbons (Fsp3) is 0.667. The molecule has 1 rings (SSSR count). The predicted octanol–water partition coefficient (Wildman–Crippen LogP) is 2.14. The number of rotatable bonds is 10. The Morgan fingerprint density at radius 3 is 2.62 bits per heavy atom. The molecule has 0 unspecified atom stereocenters. The maximum Gasteiger partial charge on any atom is 0.211 e. The van der Waals surface area contributed by atoms with E-state index in [-0.39, 0.29) is 24.0 Å². The summed E-state index contributed by atoms with van der Waals surface area (Å²) in [5, 5.41) is 8.59. The van der Waals surface area contributed by atoms with Gasteiger partial charge in [0.05, 0.1) is 6.26 Å². The highest BCUT2D eigenvalue weighted by molar-refractivity contribution is 14.0. The molecule has 1 aromatic heterocycles. The normalized spacial score (nSPS) is 12.1. The molecule has 0 saturated heterocycles. The average Bonchev–Trinajstić information content (AvgIpc) is 2.99.